The number of nitrogens with two attached hydrogens (primary N) is 1. The number of ether oxygens (including phenoxy) is 1. The van der Waals surface area contributed by atoms with Crippen LogP contribution in [-0.4, -0.2) is 55.6 Å². The summed E-state index contributed by atoms with van der Waals surface area (Å²) >= 11 is 5.78. The number of anilines is 1. The lowest BCUT2D eigenvalue weighted by Crippen LogP contribution is -2.44. The summed E-state index contributed by atoms with van der Waals surface area (Å²) in [5.74, 6) is -0.0996. The van der Waals surface area contributed by atoms with Gasteiger partial charge >= 0.3 is 6.18 Å². The van der Waals surface area contributed by atoms with E-state index < -0.39 is 11.7 Å². The standard InChI is InChI=1S/C15H19ClF3N3O2/c1-21(9-13(23)22-2-4-24-5-3-22)8-10-6-11(16)7-12(14(10)20)15(17,18)19/h6-7H,2-5,8-9,20H2,1H3. The van der Waals surface area contributed by atoms with Crippen molar-refractivity contribution < 1.29 is 22.7 Å². The fourth-order valence-corrected chi connectivity index (χ4v) is 2.77. The monoisotopic (exact) mass is 365 g/mol. The molecule has 1 aromatic carbocycles. The molecule has 0 saturated carbocycles. The minimum absolute atomic E-state index is 0.0422. The van der Waals surface area contributed by atoms with Crippen LogP contribution >= 0.6 is 11.6 Å². The van der Waals surface area contributed by atoms with Crippen LogP contribution < -0.4 is 5.73 Å². The van der Waals surface area contributed by atoms with Crippen LogP contribution in [0.3, 0.4) is 0 Å². The smallest absolute Gasteiger partial charge is 0.398 e. The van der Waals surface area contributed by atoms with Gasteiger partial charge in [0.05, 0.1) is 25.3 Å². The van der Waals surface area contributed by atoms with Crippen molar-refractivity contribution in [1.82, 2.24) is 9.80 Å². The van der Waals surface area contributed by atoms with Gasteiger partial charge in [-0.05, 0) is 24.7 Å². The summed E-state index contributed by atoms with van der Waals surface area (Å²) < 4.78 is 44.1. The van der Waals surface area contributed by atoms with Crippen LogP contribution in [0.15, 0.2) is 12.1 Å². The van der Waals surface area contributed by atoms with E-state index in [2.05, 4.69) is 0 Å². The summed E-state index contributed by atoms with van der Waals surface area (Å²) in [6, 6.07) is 2.20. The highest BCUT2D eigenvalue weighted by Gasteiger charge is 2.34. The lowest BCUT2D eigenvalue weighted by Gasteiger charge is -2.29. The maximum Gasteiger partial charge on any atom is 0.418 e. The highest BCUT2D eigenvalue weighted by molar-refractivity contribution is 6.30. The molecule has 24 heavy (non-hydrogen) atoms. The molecule has 2 rings (SSSR count). The number of alkyl halides is 3. The zero-order valence-corrected chi connectivity index (χ0v) is 14.0. The fraction of sp³-hybridized carbons (Fsp3) is 0.533. The van der Waals surface area contributed by atoms with Gasteiger partial charge in [-0.3, -0.25) is 9.69 Å². The Labute approximate surface area is 143 Å². The van der Waals surface area contributed by atoms with Crippen molar-refractivity contribution in [2.24, 2.45) is 0 Å². The molecule has 0 bridgehead atoms. The van der Waals surface area contributed by atoms with Crippen molar-refractivity contribution in [2.45, 2.75) is 12.7 Å². The summed E-state index contributed by atoms with van der Waals surface area (Å²) in [5.41, 5.74) is 4.56. The van der Waals surface area contributed by atoms with Gasteiger partial charge in [-0.25, -0.2) is 0 Å². The van der Waals surface area contributed by atoms with E-state index in [9.17, 15) is 18.0 Å². The van der Waals surface area contributed by atoms with Gasteiger partial charge in [-0.15, -0.1) is 0 Å². The van der Waals surface area contributed by atoms with Gasteiger partial charge in [-0.2, -0.15) is 13.2 Å². The first-order valence-electron chi connectivity index (χ1n) is 7.37. The number of carbonyl (C=O) groups is 1. The number of nitrogens with zero attached hydrogens (tertiary/aromatic N) is 2. The Morgan fingerprint density at radius 3 is 2.58 bits per heavy atom. The lowest BCUT2D eigenvalue weighted by atomic mass is 10.1. The predicted molar refractivity (Wildman–Crippen MR) is 84.6 cm³/mol. The van der Waals surface area contributed by atoms with Crippen LogP contribution in [0, 0.1) is 0 Å². The molecule has 0 spiro atoms. The molecule has 1 amide bonds. The number of hydrogen-bond donors (Lipinski definition) is 1. The van der Waals surface area contributed by atoms with Crippen LogP contribution in [0.1, 0.15) is 11.1 Å². The Morgan fingerprint density at radius 2 is 2.00 bits per heavy atom. The summed E-state index contributed by atoms with van der Waals surface area (Å²) in [6.07, 6.45) is -4.58. The second kappa shape index (κ2) is 7.58. The van der Waals surface area contributed by atoms with Gasteiger partial charge in [0, 0.05) is 30.3 Å². The number of carbonyl (C=O) groups excluding carboxylic acids is 1. The van der Waals surface area contributed by atoms with Crippen LogP contribution in [0.4, 0.5) is 18.9 Å². The van der Waals surface area contributed by atoms with Gasteiger partial charge in [-0.1, -0.05) is 11.6 Å². The van der Waals surface area contributed by atoms with Crippen molar-refractivity contribution in [3.05, 3.63) is 28.3 Å². The van der Waals surface area contributed by atoms with E-state index in [0.29, 0.717) is 26.3 Å². The quantitative estimate of drug-likeness (QED) is 0.831. The van der Waals surface area contributed by atoms with E-state index in [4.69, 9.17) is 22.1 Å². The lowest BCUT2D eigenvalue weighted by molar-refractivity contribution is -0.137. The van der Waals surface area contributed by atoms with E-state index >= 15 is 0 Å². The number of amides is 1. The summed E-state index contributed by atoms with van der Waals surface area (Å²) in [6.45, 7) is 2.19. The largest absolute Gasteiger partial charge is 0.418 e. The molecule has 0 unspecified atom stereocenters. The normalized spacial score (nSPS) is 15.8. The number of benzene rings is 1. The van der Waals surface area contributed by atoms with Crippen molar-refractivity contribution in [2.75, 3.05) is 45.6 Å². The Bertz CT molecular complexity index is 604. The third kappa shape index (κ3) is 4.75. The summed E-state index contributed by atoms with van der Waals surface area (Å²) in [5, 5.41) is -0.0422. The van der Waals surface area contributed by atoms with E-state index in [-0.39, 0.29) is 35.3 Å². The number of hydrogen-bond acceptors (Lipinski definition) is 4. The number of halogens is 4. The topological polar surface area (TPSA) is 58.8 Å². The number of morpholine rings is 1. The number of likely N-dealkylation sites (N-methyl/N-ethyl adjacent to an activating group) is 1. The molecule has 1 saturated heterocycles. The summed E-state index contributed by atoms with van der Waals surface area (Å²) in [4.78, 5) is 15.4. The molecule has 1 aromatic rings. The molecule has 1 fully saturated rings. The zero-order chi connectivity index (χ0) is 17.9. The predicted octanol–water partition coefficient (Wildman–Crippen LogP) is 2.23. The SMILES string of the molecule is CN(CC(=O)N1CCOCC1)Cc1cc(Cl)cc(C(F)(F)F)c1N. The summed E-state index contributed by atoms with van der Waals surface area (Å²) in [7, 11) is 1.64. The zero-order valence-electron chi connectivity index (χ0n) is 13.2. The molecule has 0 atom stereocenters. The van der Waals surface area contributed by atoms with E-state index in [1.54, 1.807) is 16.8 Å². The van der Waals surface area contributed by atoms with Crippen LogP contribution in [0.2, 0.25) is 5.02 Å². The highest BCUT2D eigenvalue weighted by atomic mass is 35.5. The second-order valence-electron chi connectivity index (χ2n) is 5.69. The first kappa shape index (κ1) is 18.8. The molecule has 1 aliphatic heterocycles. The van der Waals surface area contributed by atoms with Gasteiger partial charge < -0.3 is 15.4 Å². The van der Waals surface area contributed by atoms with Crippen LogP contribution in [0.5, 0.6) is 0 Å². The molecule has 2 N–H and O–H groups in total. The van der Waals surface area contributed by atoms with Gasteiger partial charge in [0.2, 0.25) is 5.91 Å². The number of nitrogen functional groups attached to an aromatic ring is 1. The van der Waals surface area contributed by atoms with Gasteiger partial charge in [0.25, 0.3) is 0 Å². The molecule has 1 heterocycles. The first-order chi connectivity index (χ1) is 11.2. The Kier molecular flexibility index (Phi) is 5.95. The van der Waals surface area contributed by atoms with Crippen LogP contribution in [-0.2, 0) is 22.3 Å². The molecular formula is C15H19ClF3N3O2. The molecule has 0 aromatic heterocycles. The molecule has 134 valence electrons. The molecular weight excluding hydrogens is 347 g/mol. The molecule has 0 aliphatic carbocycles. The van der Waals surface area contributed by atoms with E-state index in [1.807, 2.05) is 0 Å². The average molecular weight is 366 g/mol. The molecule has 1 aliphatic rings. The second-order valence-corrected chi connectivity index (χ2v) is 6.13. The third-order valence-electron chi connectivity index (χ3n) is 3.75. The van der Waals surface area contributed by atoms with Crippen molar-refractivity contribution in [1.29, 1.82) is 0 Å². The van der Waals surface area contributed by atoms with E-state index in [0.717, 1.165) is 6.07 Å². The molecule has 5 nitrogen and oxygen atoms in total. The fourth-order valence-electron chi connectivity index (χ4n) is 2.53. The van der Waals surface area contributed by atoms with Crippen molar-refractivity contribution in [3.63, 3.8) is 0 Å². The maximum atomic E-state index is 13.0. The Balaban J connectivity index is 2.07. The first-order valence-corrected chi connectivity index (χ1v) is 7.75. The maximum absolute atomic E-state index is 13.0. The highest BCUT2D eigenvalue weighted by Crippen LogP contribution is 2.37. The molecule has 0 radical (unpaired) electrons. The minimum Gasteiger partial charge on any atom is -0.398 e. The van der Waals surface area contributed by atoms with Crippen molar-refractivity contribution >= 4 is 23.2 Å². The minimum atomic E-state index is -4.58. The van der Waals surface area contributed by atoms with Crippen LogP contribution in [0.25, 0.3) is 0 Å². The Morgan fingerprint density at radius 1 is 1.38 bits per heavy atom. The van der Waals surface area contributed by atoms with Gasteiger partial charge in [0.15, 0.2) is 0 Å². The van der Waals surface area contributed by atoms with E-state index in [1.165, 1.54) is 6.07 Å². The number of rotatable bonds is 4. The van der Waals surface area contributed by atoms with Crippen molar-refractivity contribution in [3.8, 4) is 0 Å². The Hall–Kier alpha value is -1.51. The third-order valence-corrected chi connectivity index (χ3v) is 3.96. The average Bonchev–Trinajstić information content (AvgIpc) is 2.50. The molecule has 9 heteroatoms. The van der Waals surface area contributed by atoms with Gasteiger partial charge in [0.1, 0.15) is 0 Å².